The highest BCUT2D eigenvalue weighted by Gasteiger charge is 2.49. The molecule has 1 amide bonds. The first-order valence-corrected chi connectivity index (χ1v) is 12.7. The largest absolute Gasteiger partial charge is 0.459 e. The first kappa shape index (κ1) is 25.6. The Morgan fingerprint density at radius 1 is 1.19 bits per heavy atom. The molecule has 0 spiro atoms. The second-order valence-electron chi connectivity index (χ2n) is 11.4. The van der Waals surface area contributed by atoms with E-state index in [1.54, 1.807) is 12.1 Å². The molecule has 3 aliphatic rings. The van der Waals surface area contributed by atoms with Gasteiger partial charge in [0.05, 0.1) is 17.3 Å². The summed E-state index contributed by atoms with van der Waals surface area (Å²) in [4.78, 5) is 24.6. The molecule has 2 aromatic rings. The second-order valence-corrected chi connectivity index (χ2v) is 11.4. The van der Waals surface area contributed by atoms with E-state index < -0.39 is 35.4 Å². The monoisotopic (exact) mass is 519 g/mol. The summed E-state index contributed by atoms with van der Waals surface area (Å²) in [7, 11) is 0. The number of esters is 1. The lowest BCUT2D eigenvalue weighted by molar-refractivity contribution is -0.152. The molecule has 0 bridgehead atoms. The van der Waals surface area contributed by atoms with Crippen molar-refractivity contribution in [3.05, 3.63) is 40.7 Å². The molecule has 1 heterocycles. The summed E-state index contributed by atoms with van der Waals surface area (Å²) < 4.78 is 48.6. The Labute approximate surface area is 212 Å². The first-order valence-electron chi connectivity index (χ1n) is 12.7. The number of carbonyl (C=O) groups is 2. The number of hydrogen-bond acceptors (Lipinski definition) is 6. The minimum Gasteiger partial charge on any atom is -0.459 e. The number of ether oxygens (including phenoxy) is 1. The van der Waals surface area contributed by atoms with E-state index in [2.05, 4.69) is 10.4 Å². The van der Waals surface area contributed by atoms with E-state index in [0.29, 0.717) is 62.0 Å². The van der Waals surface area contributed by atoms with Gasteiger partial charge in [0, 0.05) is 16.9 Å². The summed E-state index contributed by atoms with van der Waals surface area (Å²) in [6, 6.07) is 4.34. The standard InChI is InChI=1S/C26H32F3N5O3/c1-24(2)9-8-16-19(13-24)34(33-21(16)26(27,28)29)14-6-7-15(22(30)35)18(12-14)32-17-4-3-5-20(17)37-23(36)25(31)10-11-25/h6-7,12,17,20,32H,3-5,8-11,13,31H2,1-2H3,(H2,30,35)/t17-,20-/m0/s1. The van der Waals surface area contributed by atoms with Crippen LogP contribution >= 0.6 is 0 Å². The van der Waals surface area contributed by atoms with Gasteiger partial charge in [0.15, 0.2) is 5.69 Å². The molecule has 2 atom stereocenters. The van der Waals surface area contributed by atoms with Crippen LogP contribution in [0, 0.1) is 5.41 Å². The van der Waals surface area contributed by atoms with Crippen molar-refractivity contribution in [2.45, 2.75) is 89.1 Å². The number of nitrogens with one attached hydrogen (secondary N) is 1. The lowest BCUT2D eigenvalue weighted by atomic mass is 9.76. The summed E-state index contributed by atoms with van der Waals surface area (Å²) in [6.07, 6.45) is -0.342. The Bertz CT molecular complexity index is 1250. The molecule has 1 aromatic heterocycles. The van der Waals surface area contributed by atoms with E-state index in [4.69, 9.17) is 16.2 Å². The van der Waals surface area contributed by atoms with Gasteiger partial charge in [-0.1, -0.05) is 13.8 Å². The third-order valence-corrected chi connectivity index (χ3v) is 7.82. The zero-order valence-electron chi connectivity index (χ0n) is 21.0. The lowest BCUT2D eigenvalue weighted by Gasteiger charge is -2.30. The van der Waals surface area contributed by atoms with Crippen LogP contribution in [-0.2, 0) is 28.5 Å². The van der Waals surface area contributed by atoms with Crippen LogP contribution in [0.25, 0.3) is 5.69 Å². The van der Waals surface area contributed by atoms with E-state index in [-0.39, 0.29) is 22.6 Å². The van der Waals surface area contributed by atoms with Gasteiger partial charge in [0.25, 0.3) is 5.91 Å². The first-order chi connectivity index (χ1) is 17.3. The minimum absolute atomic E-state index is 0.176. The highest BCUT2D eigenvalue weighted by molar-refractivity contribution is 5.99. The zero-order valence-corrected chi connectivity index (χ0v) is 21.0. The smallest absolute Gasteiger partial charge is 0.435 e. The highest BCUT2D eigenvalue weighted by Crippen LogP contribution is 2.42. The maximum Gasteiger partial charge on any atom is 0.435 e. The van der Waals surface area contributed by atoms with E-state index >= 15 is 0 Å². The summed E-state index contributed by atoms with van der Waals surface area (Å²) in [5, 5.41) is 7.28. The van der Waals surface area contributed by atoms with Crippen molar-refractivity contribution in [2.24, 2.45) is 16.9 Å². The number of halogens is 3. The number of nitrogens with two attached hydrogens (primary N) is 2. The number of benzene rings is 1. The van der Waals surface area contributed by atoms with Gasteiger partial charge in [0.1, 0.15) is 11.6 Å². The topological polar surface area (TPSA) is 125 Å². The molecular weight excluding hydrogens is 487 g/mol. The molecule has 0 aliphatic heterocycles. The number of carbonyl (C=O) groups excluding carboxylic acids is 2. The number of alkyl halides is 3. The Morgan fingerprint density at radius 3 is 2.57 bits per heavy atom. The summed E-state index contributed by atoms with van der Waals surface area (Å²) in [5.41, 5.74) is 11.3. The Hall–Kier alpha value is -3.08. The minimum atomic E-state index is -4.58. The fraction of sp³-hybridized carbons (Fsp3) is 0.577. The number of aromatic nitrogens is 2. The number of rotatable bonds is 6. The molecule has 11 heteroatoms. The predicted octanol–water partition coefficient (Wildman–Crippen LogP) is 3.87. The van der Waals surface area contributed by atoms with Gasteiger partial charge in [0.2, 0.25) is 0 Å². The Kier molecular flexibility index (Phi) is 6.04. The van der Waals surface area contributed by atoms with Crippen molar-refractivity contribution in [3.8, 4) is 5.69 Å². The van der Waals surface area contributed by atoms with Crippen LogP contribution in [0.1, 0.15) is 79.7 Å². The maximum absolute atomic E-state index is 13.9. The summed E-state index contributed by atoms with van der Waals surface area (Å²) in [5.74, 6) is -1.11. The third-order valence-electron chi connectivity index (χ3n) is 7.82. The zero-order chi connectivity index (χ0) is 26.8. The van der Waals surface area contributed by atoms with Gasteiger partial charge < -0.3 is 21.5 Å². The van der Waals surface area contributed by atoms with Gasteiger partial charge in [-0.25, -0.2) is 4.68 Å². The van der Waals surface area contributed by atoms with E-state index in [1.165, 1.54) is 10.7 Å². The maximum atomic E-state index is 13.9. The normalized spacial score (nSPS) is 23.8. The van der Waals surface area contributed by atoms with Crippen LogP contribution in [0.5, 0.6) is 0 Å². The molecule has 1 aromatic carbocycles. The number of hydrogen-bond donors (Lipinski definition) is 3. The van der Waals surface area contributed by atoms with E-state index in [1.807, 2.05) is 13.8 Å². The van der Waals surface area contributed by atoms with Gasteiger partial charge in [-0.15, -0.1) is 0 Å². The molecule has 200 valence electrons. The molecule has 2 saturated carbocycles. The summed E-state index contributed by atoms with van der Waals surface area (Å²) >= 11 is 0. The van der Waals surface area contributed by atoms with Gasteiger partial charge in [-0.3, -0.25) is 9.59 Å². The van der Waals surface area contributed by atoms with Crippen LogP contribution in [-0.4, -0.2) is 39.3 Å². The van der Waals surface area contributed by atoms with Crippen molar-refractivity contribution in [1.29, 1.82) is 0 Å². The second kappa shape index (κ2) is 8.75. The van der Waals surface area contributed by atoms with Crippen molar-refractivity contribution in [1.82, 2.24) is 9.78 Å². The molecule has 2 fully saturated rings. The van der Waals surface area contributed by atoms with Crippen LogP contribution < -0.4 is 16.8 Å². The lowest BCUT2D eigenvalue weighted by Crippen LogP contribution is -2.41. The molecule has 37 heavy (non-hydrogen) atoms. The van der Waals surface area contributed by atoms with Crippen LogP contribution in [0.4, 0.5) is 18.9 Å². The average Bonchev–Trinajstić information content (AvgIpc) is 3.23. The van der Waals surface area contributed by atoms with E-state index in [9.17, 15) is 22.8 Å². The van der Waals surface area contributed by atoms with Gasteiger partial charge >= 0.3 is 12.1 Å². The third kappa shape index (κ3) is 4.93. The Morgan fingerprint density at radius 2 is 1.92 bits per heavy atom. The molecule has 3 aliphatic carbocycles. The average molecular weight is 520 g/mol. The fourth-order valence-corrected chi connectivity index (χ4v) is 5.40. The van der Waals surface area contributed by atoms with E-state index in [0.717, 1.165) is 6.42 Å². The number of primary amides is 1. The van der Waals surface area contributed by atoms with Crippen molar-refractivity contribution >= 4 is 17.6 Å². The molecule has 5 rings (SSSR count). The SMILES string of the molecule is CC1(C)CCc2c(C(F)(F)F)nn(-c3ccc(C(N)=O)c(N[C@H]4CCC[C@@H]4OC(=O)C4(N)CC4)c3)c2C1. The molecule has 0 unspecified atom stereocenters. The number of anilines is 1. The predicted molar refractivity (Wildman–Crippen MR) is 130 cm³/mol. The molecule has 8 nitrogen and oxygen atoms in total. The van der Waals surface area contributed by atoms with Crippen molar-refractivity contribution in [2.75, 3.05) is 5.32 Å². The molecule has 0 saturated heterocycles. The van der Waals surface area contributed by atoms with Crippen LogP contribution in [0.2, 0.25) is 0 Å². The number of fused-ring (bicyclic) bond motifs is 1. The molecular formula is C26H32F3N5O3. The van der Waals surface area contributed by atoms with Crippen molar-refractivity contribution in [3.63, 3.8) is 0 Å². The fourth-order valence-electron chi connectivity index (χ4n) is 5.40. The van der Waals surface area contributed by atoms with Gasteiger partial charge in [-0.05, 0) is 75.0 Å². The van der Waals surface area contributed by atoms with Gasteiger partial charge in [-0.2, -0.15) is 18.3 Å². The van der Waals surface area contributed by atoms with Crippen LogP contribution in [0.3, 0.4) is 0 Å². The quantitative estimate of drug-likeness (QED) is 0.498. The Balaban J connectivity index is 1.49. The highest BCUT2D eigenvalue weighted by atomic mass is 19.4. The molecule has 0 radical (unpaired) electrons. The van der Waals surface area contributed by atoms with Crippen LogP contribution in [0.15, 0.2) is 18.2 Å². The number of amides is 1. The number of nitrogens with zero attached hydrogens (tertiary/aromatic N) is 2. The van der Waals surface area contributed by atoms with Crippen molar-refractivity contribution < 1.29 is 27.5 Å². The summed E-state index contributed by atoms with van der Waals surface area (Å²) in [6.45, 7) is 4.05. The molecule has 5 N–H and O–H groups in total.